The summed E-state index contributed by atoms with van der Waals surface area (Å²) in [7, 11) is 0. The first-order valence-corrected chi connectivity index (χ1v) is 7.39. The number of hydrogen-bond donors (Lipinski definition) is 2. The van der Waals surface area contributed by atoms with Gasteiger partial charge in [-0.3, -0.25) is 9.69 Å². The molecule has 2 aliphatic rings. The van der Waals surface area contributed by atoms with Crippen molar-refractivity contribution in [2.24, 2.45) is 5.92 Å². The molecule has 0 bridgehead atoms. The topological polar surface area (TPSA) is 44.4 Å². The Labute approximate surface area is 110 Å². The molecule has 4 heteroatoms. The molecule has 4 atom stereocenters. The SMILES string of the molecule is CCCC(C)NC(=O)C(C)N1C[C@@H]2CCN[C@@H]2C1. The van der Waals surface area contributed by atoms with Gasteiger partial charge in [0.25, 0.3) is 0 Å². The van der Waals surface area contributed by atoms with Crippen LogP contribution in [0.5, 0.6) is 0 Å². The zero-order valence-corrected chi connectivity index (χ0v) is 11.9. The van der Waals surface area contributed by atoms with E-state index in [0.29, 0.717) is 12.1 Å². The van der Waals surface area contributed by atoms with E-state index in [4.69, 9.17) is 0 Å². The van der Waals surface area contributed by atoms with Crippen LogP contribution in [0.3, 0.4) is 0 Å². The highest BCUT2D eigenvalue weighted by molar-refractivity contribution is 5.81. The fourth-order valence-electron chi connectivity index (χ4n) is 3.23. The summed E-state index contributed by atoms with van der Waals surface area (Å²) < 4.78 is 0. The van der Waals surface area contributed by atoms with Crippen molar-refractivity contribution in [2.75, 3.05) is 19.6 Å². The van der Waals surface area contributed by atoms with Gasteiger partial charge < -0.3 is 10.6 Å². The van der Waals surface area contributed by atoms with E-state index in [9.17, 15) is 4.79 Å². The summed E-state index contributed by atoms with van der Waals surface area (Å²) in [5.74, 6) is 0.948. The van der Waals surface area contributed by atoms with Crippen LogP contribution in [0.2, 0.25) is 0 Å². The maximum absolute atomic E-state index is 12.2. The number of amides is 1. The monoisotopic (exact) mass is 253 g/mol. The predicted octanol–water partition coefficient (Wildman–Crippen LogP) is 0.973. The Morgan fingerprint density at radius 1 is 1.44 bits per heavy atom. The lowest BCUT2D eigenvalue weighted by Crippen LogP contribution is -2.47. The average Bonchev–Trinajstić information content (AvgIpc) is 2.87. The van der Waals surface area contributed by atoms with Crippen LogP contribution in [0.1, 0.15) is 40.0 Å². The van der Waals surface area contributed by atoms with E-state index in [-0.39, 0.29) is 11.9 Å². The molecule has 2 aliphatic heterocycles. The van der Waals surface area contributed by atoms with E-state index < -0.39 is 0 Å². The molecule has 2 rings (SSSR count). The zero-order chi connectivity index (χ0) is 13.1. The molecule has 2 N–H and O–H groups in total. The maximum Gasteiger partial charge on any atom is 0.237 e. The van der Waals surface area contributed by atoms with E-state index in [1.807, 2.05) is 6.92 Å². The summed E-state index contributed by atoms with van der Waals surface area (Å²) in [6, 6.07) is 0.926. The molecule has 0 saturated carbocycles. The number of hydrogen-bond acceptors (Lipinski definition) is 3. The number of nitrogens with one attached hydrogen (secondary N) is 2. The van der Waals surface area contributed by atoms with Crippen LogP contribution in [0.25, 0.3) is 0 Å². The Morgan fingerprint density at radius 3 is 2.89 bits per heavy atom. The number of nitrogens with zero attached hydrogens (tertiary/aromatic N) is 1. The van der Waals surface area contributed by atoms with Crippen LogP contribution in [-0.2, 0) is 4.79 Å². The summed E-state index contributed by atoms with van der Waals surface area (Å²) in [5, 5.41) is 6.65. The lowest BCUT2D eigenvalue weighted by atomic mass is 10.1. The van der Waals surface area contributed by atoms with Crippen LogP contribution in [-0.4, -0.2) is 48.6 Å². The van der Waals surface area contributed by atoms with E-state index in [1.165, 1.54) is 6.42 Å². The van der Waals surface area contributed by atoms with E-state index in [0.717, 1.165) is 38.4 Å². The fourth-order valence-corrected chi connectivity index (χ4v) is 3.23. The molecule has 4 nitrogen and oxygen atoms in total. The molecule has 0 aromatic rings. The summed E-state index contributed by atoms with van der Waals surface area (Å²) >= 11 is 0. The molecule has 2 fully saturated rings. The molecule has 18 heavy (non-hydrogen) atoms. The number of carbonyl (C=O) groups excluding carboxylic acids is 1. The summed E-state index contributed by atoms with van der Waals surface area (Å²) in [6.45, 7) is 9.54. The van der Waals surface area contributed by atoms with E-state index in [1.54, 1.807) is 0 Å². The maximum atomic E-state index is 12.2. The highest BCUT2D eigenvalue weighted by Crippen LogP contribution is 2.25. The first-order valence-electron chi connectivity index (χ1n) is 7.39. The minimum Gasteiger partial charge on any atom is -0.352 e. The van der Waals surface area contributed by atoms with Gasteiger partial charge in [-0.15, -0.1) is 0 Å². The predicted molar refractivity (Wildman–Crippen MR) is 73.4 cm³/mol. The highest BCUT2D eigenvalue weighted by atomic mass is 16.2. The van der Waals surface area contributed by atoms with Crippen molar-refractivity contribution in [3.05, 3.63) is 0 Å². The van der Waals surface area contributed by atoms with Crippen molar-refractivity contribution in [3.63, 3.8) is 0 Å². The number of likely N-dealkylation sites (tertiary alicyclic amines) is 1. The fraction of sp³-hybridized carbons (Fsp3) is 0.929. The molecular weight excluding hydrogens is 226 g/mol. The molecule has 0 radical (unpaired) electrons. The highest BCUT2D eigenvalue weighted by Gasteiger charge is 2.39. The van der Waals surface area contributed by atoms with Crippen molar-refractivity contribution in [3.8, 4) is 0 Å². The third-order valence-corrected chi connectivity index (χ3v) is 4.43. The molecule has 0 spiro atoms. The Hall–Kier alpha value is -0.610. The third-order valence-electron chi connectivity index (χ3n) is 4.43. The zero-order valence-electron chi connectivity index (χ0n) is 11.9. The van der Waals surface area contributed by atoms with Crippen molar-refractivity contribution < 1.29 is 4.79 Å². The molecule has 104 valence electrons. The second-order valence-corrected chi connectivity index (χ2v) is 5.94. The molecule has 2 unspecified atom stereocenters. The van der Waals surface area contributed by atoms with Gasteiger partial charge >= 0.3 is 0 Å². The first kappa shape index (κ1) is 13.8. The van der Waals surface area contributed by atoms with Gasteiger partial charge in [0.05, 0.1) is 6.04 Å². The quantitative estimate of drug-likeness (QED) is 0.767. The van der Waals surface area contributed by atoms with Gasteiger partial charge in [-0.25, -0.2) is 0 Å². The Bertz CT molecular complexity index is 283. The number of fused-ring (bicyclic) bond motifs is 1. The smallest absolute Gasteiger partial charge is 0.237 e. The molecule has 0 aliphatic carbocycles. The van der Waals surface area contributed by atoms with Crippen molar-refractivity contribution >= 4 is 5.91 Å². The van der Waals surface area contributed by atoms with Gasteiger partial charge in [0.2, 0.25) is 5.91 Å². The lowest BCUT2D eigenvalue weighted by Gasteiger charge is -2.25. The second-order valence-electron chi connectivity index (χ2n) is 5.94. The molecule has 1 amide bonds. The largest absolute Gasteiger partial charge is 0.352 e. The molecule has 2 saturated heterocycles. The van der Waals surface area contributed by atoms with Crippen molar-refractivity contribution in [1.82, 2.24) is 15.5 Å². The van der Waals surface area contributed by atoms with E-state index in [2.05, 4.69) is 29.4 Å². The Morgan fingerprint density at radius 2 is 2.22 bits per heavy atom. The van der Waals surface area contributed by atoms with Crippen LogP contribution >= 0.6 is 0 Å². The lowest BCUT2D eigenvalue weighted by molar-refractivity contribution is -0.126. The standard InChI is InChI=1S/C14H27N3O/c1-4-5-10(2)16-14(18)11(3)17-8-12-6-7-15-13(12)9-17/h10-13,15H,4-9H2,1-3H3,(H,16,18)/t10?,11?,12-,13+/m0/s1. The van der Waals surface area contributed by atoms with Crippen LogP contribution in [0, 0.1) is 5.92 Å². The normalized spacial score (nSPS) is 31.1. The molecular formula is C14H27N3O. The number of carbonyl (C=O) groups is 1. The van der Waals surface area contributed by atoms with Crippen LogP contribution in [0.15, 0.2) is 0 Å². The van der Waals surface area contributed by atoms with Gasteiger partial charge in [-0.2, -0.15) is 0 Å². The van der Waals surface area contributed by atoms with Crippen LogP contribution < -0.4 is 10.6 Å². The van der Waals surface area contributed by atoms with Crippen molar-refractivity contribution in [2.45, 2.75) is 58.2 Å². The second kappa shape index (κ2) is 6.02. The van der Waals surface area contributed by atoms with E-state index >= 15 is 0 Å². The minimum absolute atomic E-state index is 0.0108. The van der Waals surface area contributed by atoms with Gasteiger partial charge in [-0.05, 0) is 39.2 Å². The van der Waals surface area contributed by atoms with Gasteiger partial charge in [0, 0.05) is 25.2 Å². The average molecular weight is 253 g/mol. The molecule has 2 heterocycles. The molecule has 0 aromatic carbocycles. The van der Waals surface area contributed by atoms with Crippen molar-refractivity contribution in [1.29, 1.82) is 0 Å². The van der Waals surface area contributed by atoms with Crippen LogP contribution in [0.4, 0.5) is 0 Å². The Kier molecular flexibility index (Phi) is 4.62. The third kappa shape index (κ3) is 3.04. The Balaban J connectivity index is 1.80. The first-order chi connectivity index (χ1) is 8.61. The summed E-state index contributed by atoms with van der Waals surface area (Å²) in [5.41, 5.74) is 0. The summed E-state index contributed by atoms with van der Waals surface area (Å²) in [4.78, 5) is 14.5. The van der Waals surface area contributed by atoms with Gasteiger partial charge in [0.1, 0.15) is 0 Å². The summed E-state index contributed by atoms with van der Waals surface area (Å²) in [6.07, 6.45) is 3.45. The van der Waals surface area contributed by atoms with Gasteiger partial charge in [-0.1, -0.05) is 13.3 Å². The molecule has 0 aromatic heterocycles. The minimum atomic E-state index is 0.0108. The van der Waals surface area contributed by atoms with Gasteiger partial charge in [0.15, 0.2) is 0 Å². The number of rotatable bonds is 5.